The monoisotopic (exact) mass is 228 g/mol. The summed E-state index contributed by atoms with van der Waals surface area (Å²) < 4.78 is 1.92. The van der Waals surface area contributed by atoms with Gasteiger partial charge in [-0.05, 0) is 19.6 Å². The summed E-state index contributed by atoms with van der Waals surface area (Å²) in [6.07, 6.45) is 1.62. The highest BCUT2D eigenvalue weighted by Crippen LogP contribution is 2.02. The van der Waals surface area contributed by atoms with Crippen LogP contribution in [0.3, 0.4) is 0 Å². The molecule has 1 atom stereocenters. The van der Waals surface area contributed by atoms with Crippen molar-refractivity contribution in [2.24, 2.45) is 0 Å². The van der Waals surface area contributed by atoms with Crippen molar-refractivity contribution < 1.29 is 0 Å². The van der Waals surface area contributed by atoms with Gasteiger partial charge in [-0.3, -0.25) is 0 Å². The quantitative estimate of drug-likeness (QED) is 0.768. The fourth-order valence-corrected chi connectivity index (χ4v) is 2.02. The van der Waals surface area contributed by atoms with Crippen LogP contribution in [0.4, 0.5) is 0 Å². The molecule has 5 heteroatoms. The smallest absolute Gasteiger partial charge is 0.140 e. The molecule has 0 aromatic carbocycles. The van der Waals surface area contributed by atoms with Crippen LogP contribution in [-0.2, 0) is 13.1 Å². The second kappa shape index (κ2) is 6.85. The molecule has 0 radical (unpaired) electrons. The van der Waals surface area contributed by atoms with Crippen LogP contribution < -0.4 is 5.32 Å². The summed E-state index contributed by atoms with van der Waals surface area (Å²) in [5.74, 6) is 3.35. The van der Waals surface area contributed by atoms with Crippen molar-refractivity contribution in [3.8, 4) is 0 Å². The zero-order valence-corrected chi connectivity index (χ0v) is 10.5. The van der Waals surface area contributed by atoms with Crippen molar-refractivity contribution >= 4 is 11.8 Å². The van der Waals surface area contributed by atoms with Crippen molar-refractivity contribution in [2.75, 3.05) is 11.5 Å². The lowest BCUT2D eigenvalue weighted by Crippen LogP contribution is -2.29. The predicted octanol–water partition coefficient (Wildman–Crippen LogP) is 1.53. The minimum Gasteiger partial charge on any atom is -0.307 e. The highest BCUT2D eigenvalue weighted by molar-refractivity contribution is 7.99. The number of nitrogens with zero attached hydrogens (tertiary/aromatic N) is 3. The van der Waals surface area contributed by atoms with Crippen molar-refractivity contribution in [1.29, 1.82) is 0 Å². The van der Waals surface area contributed by atoms with E-state index in [-0.39, 0.29) is 0 Å². The van der Waals surface area contributed by atoms with Gasteiger partial charge in [0.2, 0.25) is 0 Å². The predicted molar refractivity (Wildman–Crippen MR) is 65.0 cm³/mol. The average molecular weight is 228 g/mol. The topological polar surface area (TPSA) is 42.7 Å². The van der Waals surface area contributed by atoms with Crippen molar-refractivity contribution in [1.82, 2.24) is 20.1 Å². The van der Waals surface area contributed by atoms with Crippen LogP contribution in [0.15, 0.2) is 6.33 Å². The van der Waals surface area contributed by atoms with E-state index in [9.17, 15) is 0 Å². The van der Waals surface area contributed by atoms with Crippen LogP contribution >= 0.6 is 11.8 Å². The van der Waals surface area contributed by atoms with E-state index in [1.807, 2.05) is 16.4 Å². The van der Waals surface area contributed by atoms with E-state index in [1.54, 1.807) is 6.33 Å². The Hall–Kier alpha value is -0.550. The third-order valence-corrected chi connectivity index (χ3v) is 3.32. The molecule has 1 aromatic rings. The molecule has 1 aromatic heterocycles. The number of hydrogen-bond acceptors (Lipinski definition) is 4. The largest absolute Gasteiger partial charge is 0.307 e. The molecule has 0 saturated carbocycles. The summed E-state index contributed by atoms with van der Waals surface area (Å²) in [6.45, 7) is 8.16. The van der Waals surface area contributed by atoms with Gasteiger partial charge in [-0.25, -0.2) is 9.67 Å². The Balaban J connectivity index is 2.30. The number of rotatable bonds is 7. The maximum absolute atomic E-state index is 4.22. The number of aryl methyl sites for hydroxylation is 1. The summed E-state index contributed by atoms with van der Waals surface area (Å²) in [5, 5.41) is 7.59. The van der Waals surface area contributed by atoms with E-state index in [2.05, 4.69) is 36.2 Å². The molecule has 1 heterocycles. The molecule has 86 valence electrons. The number of hydrogen-bond donors (Lipinski definition) is 1. The third kappa shape index (κ3) is 4.22. The molecule has 0 spiro atoms. The molecule has 0 aliphatic carbocycles. The maximum Gasteiger partial charge on any atom is 0.140 e. The Morgan fingerprint density at radius 1 is 1.53 bits per heavy atom. The normalized spacial score (nSPS) is 13.0. The summed E-state index contributed by atoms with van der Waals surface area (Å²) >= 11 is 1.96. The van der Waals surface area contributed by atoms with Gasteiger partial charge >= 0.3 is 0 Å². The van der Waals surface area contributed by atoms with Crippen LogP contribution in [0.25, 0.3) is 0 Å². The number of aromatic nitrogens is 3. The lowest BCUT2D eigenvalue weighted by molar-refractivity contribution is 0.536. The van der Waals surface area contributed by atoms with E-state index < -0.39 is 0 Å². The SMILES string of the molecule is CCSCC(C)NCc1ncnn1CC. The third-order valence-electron chi connectivity index (χ3n) is 2.18. The summed E-state index contributed by atoms with van der Waals surface area (Å²) in [6, 6.07) is 0.525. The van der Waals surface area contributed by atoms with Gasteiger partial charge in [-0.1, -0.05) is 6.92 Å². The zero-order valence-electron chi connectivity index (χ0n) is 9.73. The van der Waals surface area contributed by atoms with Crippen LogP contribution in [0.1, 0.15) is 26.6 Å². The first-order valence-corrected chi connectivity index (χ1v) is 6.61. The van der Waals surface area contributed by atoms with Gasteiger partial charge < -0.3 is 5.32 Å². The van der Waals surface area contributed by atoms with E-state index in [0.29, 0.717) is 6.04 Å². The Bertz CT molecular complexity index is 274. The van der Waals surface area contributed by atoms with E-state index in [0.717, 1.165) is 24.7 Å². The van der Waals surface area contributed by atoms with Gasteiger partial charge in [-0.15, -0.1) is 0 Å². The van der Waals surface area contributed by atoms with E-state index in [1.165, 1.54) is 5.75 Å². The molecule has 0 aliphatic rings. The Kier molecular flexibility index (Phi) is 5.71. The lowest BCUT2D eigenvalue weighted by atomic mass is 10.4. The minimum absolute atomic E-state index is 0.525. The van der Waals surface area contributed by atoms with E-state index in [4.69, 9.17) is 0 Å². The van der Waals surface area contributed by atoms with Gasteiger partial charge in [0.05, 0.1) is 6.54 Å². The molecule has 4 nitrogen and oxygen atoms in total. The van der Waals surface area contributed by atoms with Crippen LogP contribution in [-0.4, -0.2) is 32.3 Å². The molecular formula is C10H20N4S. The highest BCUT2D eigenvalue weighted by Gasteiger charge is 2.05. The van der Waals surface area contributed by atoms with E-state index >= 15 is 0 Å². The first-order chi connectivity index (χ1) is 7.27. The fraction of sp³-hybridized carbons (Fsp3) is 0.800. The number of thioether (sulfide) groups is 1. The molecule has 1 unspecified atom stereocenters. The second-order valence-electron chi connectivity index (χ2n) is 3.43. The van der Waals surface area contributed by atoms with Gasteiger partial charge in [0.1, 0.15) is 12.2 Å². The molecule has 1 rings (SSSR count). The van der Waals surface area contributed by atoms with Crippen molar-refractivity contribution in [3.63, 3.8) is 0 Å². The Morgan fingerprint density at radius 2 is 2.33 bits per heavy atom. The summed E-state index contributed by atoms with van der Waals surface area (Å²) in [7, 11) is 0. The molecular weight excluding hydrogens is 208 g/mol. The van der Waals surface area contributed by atoms with Gasteiger partial charge in [0.15, 0.2) is 0 Å². The lowest BCUT2D eigenvalue weighted by Gasteiger charge is -2.12. The first kappa shape index (κ1) is 12.5. The fourth-order valence-electron chi connectivity index (χ4n) is 1.31. The molecule has 0 bridgehead atoms. The van der Waals surface area contributed by atoms with Crippen LogP contribution in [0, 0.1) is 0 Å². The Labute approximate surface area is 95.9 Å². The van der Waals surface area contributed by atoms with Gasteiger partial charge in [-0.2, -0.15) is 16.9 Å². The van der Waals surface area contributed by atoms with Crippen LogP contribution in [0.5, 0.6) is 0 Å². The maximum atomic E-state index is 4.22. The molecule has 0 saturated heterocycles. The van der Waals surface area contributed by atoms with Crippen molar-refractivity contribution in [2.45, 2.75) is 39.9 Å². The number of nitrogens with one attached hydrogen (secondary N) is 1. The minimum atomic E-state index is 0.525. The van der Waals surface area contributed by atoms with Crippen molar-refractivity contribution in [3.05, 3.63) is 12.2 Å². The molecule has 1 N–H and O–H groups in total. The second-order valence-corrected chi connectivity index (χ2v) is 4.75. The van der Waals surface area contributed by atoms with Gasteiger partial charge in [0, 0.05) is 18.3 Å². The summed E-state index contributed by atoms with van der Waals surface area (Å²) in [4.78, 5) is 4.22. The molecule has 0 aliphatic heterocycles. The average Bonchev–Trinajstić information content (AvgIpc) is 2.70. The zero-order chi connectivity index (χ0) is 11.1. The van der Waals surface area contributed by atoms with Gasteiger partial charge in [0.25, 0.3) is 0 Å². The molecule has 15 heavy (non-hydrogen) atoms. The summed E-state index contributed by atoms with van der Waals surface area (Å²) in [5.41, 5.74) is 0. The standard InChI is InChI=1S/C10H20N4S/c1-4-14-10(12-8-13-14)6-11-9(3)7-15-5-2/h8-9,11H,4-7H2,1-3H3. The first-order valence-electron chi connectivity index (χ1n) is 5.45. The molecule has 0 fully saturated rings. The Morgan fingerprint density at radius 3 is 3.00 bits per heavy atom. The highest BCUT2D eigenvalue weighted by atomic mass is 32.2. The van der Waals surface area contributed by atoms with Crippen LogP contribution in [0.2, 0.25) is 0 Å². The molecule has 0 amide bonds.